The first kappa shape index (κ1) is 11.6. The van der Waals surface area contributed by atoms with Crippen LogP contribution in [0.15, 0.2) is 24.5 Å². The Hall–Kier alpha value is -2.88. The number of methoxy groups -OCH3 is 1. The lowest BCUT2D eigenvalue weighted by molar-refractivity contribution is 0.0594. The minimum Gasteiger partial charge on any atom is -0.464 e. The van der Waals surface area contributed by atoms with E-state index in [2.05, 4.69) is 14.8 Å². The molecular formula is C11H9N5O2. The molecule has 2 aromatic heterocycles. The van der Waals surface area contributed by atoms with Crippen molar-refractivity contribution in [2.75, 3.05) is 12.8 Å². The van der Waals surface area contributed by atoms with Crippen LogP contribution in [-0.2, 0) is 4.74 Å². The van der Waals surface area contributed by atoms with Gasteiger partial charge in [0.2, 0.25) is 0 Å². The van der Waals surface area contributed by atoms with Gasteiger partial charge in [-0.25, -0.2) is 14.5 Å². The van der Waals surface area contributed by atoms with E-state index < -0.39 is 5.97 Å². The van der Waals surface area contributed by atoms with Crippen LogP contribution in [0, 0.1) is 11.3 Å². The topological polar surface area (TPSA) is 107 Å². The van der Waals surface area contributed by atoms with Crippen LogP contribution in [0.3, 0.4) is 0 Å². The van der Waals surface area contributed by atoms with E-state index in [0.29, 0.717) is 11.4 Å². The standard InChI is InChI=1S/C11H9N5O2/c1-18-11(17)10-9(13)6-16(15-10)8-3-2-7(4-12)14-5-8/h2-3,5-6H,13H2,1H3. The molecule has 7 heteroatoms. The molecule has 0 aliphatic rings. The van der Waals surface area contributed by atoms with E-state index in [1.807, 2.05) is 6.07 Å². The van der Waals surface area contributed by atoms with Crippen LogP contribution in [0.25, 0.3) is 5.69 Å². The summed E-state index contributed by atoms with van der Waals surface area (Å²) in [6, 6.07) is 5.11. The van der Waals surface area contributed by atoms with Gasteiger partial charge >= 0.3 is 5.97 Å². The number of esters is 1. The van der Waals surface area contributed by atoms with Gasteiger partial charge in [0, 0.05) is 0 Å². The van der Waals surface area contributed by atoms with Gasteiger partial charge in [-0.1, -0.05) is 0 Å². The minimum atomic E-state index is -0.604. The summed E-state index contributed by atoms with van der Waals surface area (Å²) >= 11 is 0. The Balaban J connectivity index is 2.39. The smallest absolute Gasteiger partial charge is 0.360 e. The number of nitrogens with two attached hydrogens (primary N) is 1. The third-order valence-electron chi connectivity index (χ3n) is 2.25. The number of nitriles is 1. The van der Waals surface area contributed by atoms with E-state index in [-0.39, 0.29) is 11.4 Å². The highest BCUT2D eigenvalue weighted by Gasteiger charge is 2.15. The third-order valence-corrected chi connectivity index (χ3v) is 2.25. The van der Waals surface area contributed by atoms with Gasteiger partial charge in [0.1, 0.15) is 11.8 Å². The number of carbonyl (C=O) groups is 1. The lowest BCUT2D eigenvalue weighted by Gasteiger charge is -1.99. The fraction of sp³-hybridized carbons (Fsp3) is 0.0909. The number of carbonyl (C=O) groups excluding carboxylic acids is 1. The summed E-state index contributed by atoms with van der Waals surface area (Å²) in [5.74, 6) is -0.604. The molecule has 0 saturated carbocycles. The Morgan fingerprint density at radius 3 is 2.89 bits per heavy atom. The zero-order chi connectivity index (χ0) is 13.1. The molecule has 7 nitrogen and oxygen atoms in total. The van der Waals surface area contributed by atoms with Crippen molar-refractivity contribution >= 4 is 11.7 Å². The van der Waals surface area contributed by atoms with Gasteiger partial charge in [-0.15, -0.1) is 0 Å². The zero-order valence-electron chi connectivity index (χ0n) is 9.49. The fourth-order valence-corrected chi connectivity index (χ4v) is 1.36. The summed E-state index contributed by atoms with van der Waals surface area (Å²) in [5.41, 5.74) is 6.80. The molecule has 18 heavy (non-hydrogen) atoms. The maximum absolute atomic E-state index is 11.3. The number of nitrogens with zero attached hydrogens (tertiary/aromatic N) is 4. The summed E-state index contributed by atoms with van der Waals surface area (Å²) in [7, 11) is 1.25. The molecular weight excluding hydrogens is 234 g/mol. The second kappa shape index (κ2) is 4.55. The first-order valence-electron chi connectivity index (χ1n) is 4.95. The summed E-state index contributed by atoms with van der Waals surface area (Å²) in [6.07, 6.45) is 2.95. The first-order valence-corrected chi connectivity index (χ1v) is 4.95. The third kappa shape index (κ3) is 1.99. The first-order chi connectivity index (χ1) is 8.65. The lowest BCUT2D eigenvalue weighted by atomic mass is 10.3. The van der Waals surface area contributed by atoms with Crippen molar-refractivity contribution < 1.29 is 9.53 Å². The van der Waals surface area contributed by atoms with Gasteiger partial charge in [0.15, 0.2) is 5.69 Å². The van der Waals surface area contributed by atoms with E-state index in [9.17, 15) is 4.79 Å². The molecule has 90 valence electrons. The van der Waals surface area contributed by atoms with Crippen LogP contribution in [0.5, 0.6) is 0 Å². The molecule has 0 unspecified atom stereocenters. The average Bonchev–Trinajstić information content (AvgIpc) is 2.80. The summed E-state index contributed by atoms with van der Waals surface area (Å²) in [6.45, 7) is 0. The van der Waals surface area contributed by atoms with Crippen molar-refractivity contribution in [3.05, 3.63) is 35.9 Å². The molecule has 0 aliphatic carbocycles. The number of aromatic nitrogens is 3. The fourth-order valence-electron chi connectivity index (χ4n) is 1.36. The van der Waals surface area contributed by atoms with E-state index in [0.717, 1.165) is 0 Å². The quantitative estimate of drug-likeness (QED) is 0.770. The minimum absolute atomic E-state index is 0.0434. The van der Waals surface area contributed by atoms with E-state index in [1.54, 1.807) is 12.1 Å². The van der Waals surface area contributed by atoms with Crippen molar-refractivity contribution in [3.63, 3.8) is 0 Å². The molecule has 0 saturated heterocycles. The molecule has 0 radical (unpaired) electrons. The Morgan fingerprint density at radius 1 is 1.56 bits per heavy atom. The zero-order valence-corrected chi connectivity index (χ0v) is 9.49. The van der Waals surface area contributed by atoms with Gasteiger partial charge < -0.3 is 10.5 Å². The highest BCUT2D eigenvalue weighted by atomic mass is 16.5. The van der Waals surface area contributed by atoms with Crippen LogP contribution in [0.1, 0.15) is 16.2 Å². The molecule has 2 aromatic rings. The molecule has 0 atom stereocenters. The molecule has 0 fully saturated rings. The second-order valence-corrected chi connectivity index (χ2v) is 3.38. The van der Waals surface area contributed by atoms with Crippen molar-refractivity contribution in [3.8, 4) is 11.8 Å². The maximum Gasteiger partial charge on any atom is 0.360 e. The Morgan fingerprint density at radius 2 is 2.33 bits per heavy atom. The molecule has 2 heterocycles. The van der Waals surface area contributed by atoms with Crippen molar-refractivity contribution in [2.45, 2.75) is 0 Å². The Kier molecular flexibility index (Phi) is 2.93. The molecule has 2 N–H and O–H groups in total. The summed E-state index contributed by atoms with van der Waals surface area (Å²) < 4.78 is 5.95. The summed E-state index contributed by atoms with van der Waals surface area (Å²) in [4.78, 5) is 15.2. The number of pyridine rings is 1. The highest BCUT2D eigenvalue weighted by Crippen LogP contribution is 2.14. The molecule has 0 amide bonds. The molecule has 0 bridgehead atoms. The monoisotopic (exact) mass is 243 g/mol. The number of ether oxygens (including phenoxy) is 1. The van der Waals surface area contributed by atoms with E-state index in [4.69, 9.17) is 11.0 Å². The molecule has 0 aliphatic heterocycles. The summed E-state index contributed by atoms with van der Waals surface area (Å²) in [5, 5.41) is 12.6. The highest BCUT2D eigenvalue weighted by molar-refractivity contribution is 5.92. The number of nitrogen functional groups attached to an aromatic ring is 1. The normalized spacial score (nSPS) is 9.78. The van der Waals surface area contributed by atoms with E-state index >= 15 is 0 Å². The molecule has 2 rings (SSSR count). The van der Waals surface area contributed by atoms with Crippen molar-refractivity contribution in [1.29, 1.82) is 5.26 Å². The Labute approximate surface area is 102 Å². The number of hydrogen-bond donors (Lipinski definition) is 1. The maximum atomic E-state index is 11.3. The van der Waals surface area contributed by atoms with E-state index in [1.165, 1.54) is 24.2 Å². The average molecular weight is 243 g/mol. The van der Waals surface area contributed by atoms with Gasteiger partial charge in [0.05, 0.1) is 30.9 Å². The molecule has 0 spiro atoms. The van der Waals surface area contributed by atoms with Crippen LogP contribution < -0.4 is 5.73 Å². The second-order valence-electron chi connectivity index (χ2n) is 3.38. The molecule has 0 aromatic carbocycles. The predicted octanol–water partition coefficient (Wildman–Crippen LogP) is 0.508. The van der Waals surface area contributed by atoms with Gasteiger partial charge in [-0.2, -0.15) is 10.4 Å². The van der Waals surface area contributed by atoms with Gasteiger partial charge in [0.25, 0.3) is 0 Å². The lowest BCUT2D eigenvalue weighted by Crippen LogP contribution is -2.06. The van der Waals surface area contributed by atoms with Crippen LogP contribution in [0.2, 0.25) is 0 Å². The van der Waals surface area contributed by atoms with Gasteiger partial charge in [-0.05, 0) is 12.1 Å². The SMILES string of the molecule is COC(=O)c1nn(-c2ccc(C#N)nc2)cc1N. The number of rotatable bonds is 2. The number of hydrogen-bond acceptors (Lipinski definition) is 6. The largest absolute Gasteiger partial charge is 0.464 e. The van der Waals surface area contributed by atoms with Crippen LogP contribution in [-0.4, -0.2) is 27.8 Å². The Bertz CT molecular complexity index is 624. The number of anilines is 1. The van der Waals surface area contributed by atoms with Crippen molar-refractivity contribution in [1.82, 2.24) is 14.8 Å². The predicted molar refractivity (Wildman–Crippen MR) is 61.8 cm³/mol. The van der Waals surface area contributed by atoms with Crippen LogP contribution in [0.4, 0.5) is 5.69 Å². The van der Waals surface area contributed by atoms with Crippen molar-refractivity contribution in [2.24, 2.45) is 0 Å². The van der Waals surface area contributed by atoms with Gasteiger partial charge in [-0.3, -0.25) is 0 Å². The van der Waals surface area contributed by atoms with Crippen LogP contribution >= 0.6 is 0 Å².